The lowest BCUT2D eigenvalue weighted by molar-refractivity contribution is -0.153. The minimum Gasteiger partial charge on any atom is -0.496 e. The second kappa shape index (κ2) is 10.3. The topological polar surface area (TPSA) is 97.8 Å². The van der Waals surface area contributed by atoms with Crippen LogP contribution < -0.4 is 15.0 Å². The molecule has 0 spiro atoms. The molecule has 2 heterocycles. The van der Waals surface area contributed by atoms with E-state index in [1.165, 1.54) is 19.2 Å². The molecule has 2 amide bonds. The number of nitrogens with one attached hydrogen (secondary N) is 1. The van der Waals surface area contributed by atoms with E-state index in [2.05, 4.69) is 10.3 Å². The summed E-state index contributed by atoms with van der Waals surface area (Å²) in [5.74, 6) is -1.79. The Morgan fingerprint density at radius 3 is 2.42 bits per heavy atom. The number of hydrogen-bond acceptors (Lipinski definition) is 7. The average Bonchev–Trinajstić information content (AvgIpc) is 2.82. The lowest BCUT2D eigenvalue weighted by atomic mass is 9.97. The summed E-state index contributed by atoms with van der Waals surface area (Å²) in [6, 6.07) is 8.63. The van der Waals surface area contributed by atoms with Crippen molar-refractivity contribution in [3.63, 3.8) is 0 Å². The van der Waals surface area contributed by atoms with Gasteiger partial charge in [-0.15, -0.1) is 0 Å². The minimum absolute atomic E-state index is 0.170. The number of para-hydroxylation sites is 1. The van der Waals surface area contributed by atoms with Crippen LogP contribution in [0.5, 0.6) is 5.75 Å². The zero-order valence-electron chi connectivity index (χ0n) is 17.7. The van der Waals surface area contributed by atoms with Crippen LogP contribution in [-0.4, -0.2) is 49.6 Å². The molecule has 0 unspecified atom stereocenters. The normalized spacial score (nSPS) is 14.5. The van der Waals surface area contributed by atoms with Crippen LogP contribution in [0.15, 0.2) is 42.6 Å². The second-order valence-corrected chi connectivity index (χ2v) is 7.35. The highest BCUT2D eigenvalue weighted by Gasteiger charge is 2.32. The number of imide groups is 1. The Kier molecular flexibility index (Phi) is 7.52. The van der Waals surface area contributed by atoms with Gasteiger partial charge in [-0.1, -0.05) is 12.1 Å². The molecule has 0 radical (unpaired) electrons. The van der Waals surface area contributed by atoms with E-state index in [1.807, 2.05) is 0 Å². The number of rotatable bonds is 6. The maximum Gasteiger partial charge on any atom is 0.417 e. The number of amides is 2. The minimum atomic E-state index is -4.45. The summed E-state index contributed by atoms with van der Waals surface area (Å²) in [6.07, 6.45) is -2.89. The Bertz CT molecular complexity index is 1000. The first-order valence-electron chi connectivity index (χ1n) is 10.1. The van der Waals surface area contributed by atoms with Crippen LogP contribution in [-0.2, 0) is 20.5 Å². The molecule has 0 atom stereocenters. The number of pyridine rings is 1. The van der Waals surface area contributed by atoms with Crippen molar-refractivity contribution in [2.24, 2.45) is 5.92 Å². The molecule has 1 aromatic heterocycles. The first-order chi connectivity index (χ1) is 15.7. The van der Waals surface area contributed by atoms with E-state index < -0.39 is 42.0 Å². The summed E-state index contributed by atoms with van der Waals surface area (Å²) in [6.45, 7) is 0.188. The number of benzene rings is 1. The Morgan fingerprint density at radius 1 is 1.12 bits per heavy atom. The molecule has 3 rings (SSSR count). The molecule has 8 nitrogen and oxygen atoms in total. The smallest absolute Gasteiger partial charge is 0.417 e. The number of ether oxygens (including phenoxy) is 2. The molecule has 0 bridgehead atoms. The number of piperidine rings is 1. The fraction of sp³-hybridized carbons (Fsp3) is 0.364. The number of halogens is 3. The van der Waals surface area contributed by atoms with Crippen molar-refractivity contribution in [1.29, 1.82) is 0 Å². The van der Waals surface area contributed by atoms with E-state index in [0.29, 0.717) is 37.5 Å². The maximum atomic E-state index is 12.7. The third kappa shape index (κ3) is 6.21. The summed E-state index contributed by atoms with van der Waals surface area (Å²) < 4.78 is 48.1. The van der Waals surface area contributed by atoms with Gasteiger partial charge >= 0.3 is 12.1 Å². The second-order valence-electron chi connectivity index (χ2n) is 7.35. The van der Waals surface area contributed by atoms with E-state index >= 15 is 0 Å². The van der Waals surface area contributed by atoms with Crippen molar-refractivity contribution in [1.82, 2.24) is 10.3 Å². The molecule has 176 valence electrons. The van der Waals surface area contributed by atoms with E-state index in [9.17, 15) is 27.6 Å². The summed E-state index contributed by atoms with van der Waals surface area (Å²) in [4.78, 5) is 42.1. The Hall–Kier alpha value is -3.63. The van der Waals surface area contributed by atoms with Gasteiger partial charge in [-0.25, -0.2) is 4.98 Å². The molecule has 0 aliphatic carbocycles. The average molecular weight is 465 g/mol. The third-order valence-corrected chi connectivity index (χ3v) is 5.18. The quantitative estimate of drug-likeness (QED) is 0.655. The van der Waals surface area contributed by atoms with Gasteiger partial charge in [-0.3, -0.25) is 19.7 Å². The molecule has 33 heavy (non-hydrogen) atoms. The van der Waals surface area contributed by atoms with Crippen molar-refractivity contribution in [3.05, 3.63) is 53.7 Å². The number of carbonyl (C=O) groups excluding carboxylic acids is 3. The molecule has 1 N–H and O–H groups in total. The van der Waals surface area contributed by atoms with E-state index in [-0.39, 0.29) is 5.56 Å². The number of esters is 1. The number of carbonyl (C=O) groups is 3. The van der Waals surface area contributed by atoms with Gasteiger partial charge in [0.15, 0.2) is 6.61 Å². The highest BCUT2D eigenvalue weighted by molar-refractivity contribution is 6.06. The predicted molar refractivity (Wildman–Crippen MR) is 111 cm³/mol. The zero-order chi connectivity index (χ0) is 24.0. The largest absolute Gasteiger partial charge is 0.496 e. The number of aromatic nitrogens is 1. The standard InChI is InChI=1S/C22H22F3N3O5/c1-32-17-5-3-2-4-16(17)20(30)27-19(29)13-33-21(31)14-8-10-28(11-9-14)18-7-6-15(12-26-18)22(23,24)25/h2-7,12,14H,8-11,13H2,1H3,(H,27,29,30). The van der Waals surface area contributed by atoms with Gasteiger partial charge in [0.1, 0.15) is 11.6 Å². The van der Waals surface area contributed by atoms with Gasteiger partial charge in [0.25, 0.3) is 11.8 Å². The van der Waals surface area contributed by atoms with Gasteiger partial charge in [-0.05, 0) is 37.1 Å². The molecule has 2 aromatic rings. The third-order valence-electron chi connectivity index (χ3n) is 5.18. The molecule has 0 saturated carbocycles. The summed E-state index contributed by atoms with van der Waals surface area (Å²) in [5.41, 5.74) is -0.656. The van der Waals surface area contributed by atoms with Crippen LogP contribution in [0.3, 0.4) is 0 Å². The van der Waals surface area contributed by atoms with Gasteiger partial charge < -0.3 is 14.4 Å². The molecule has 1 fully saturated rings. The van der Waals surface area contributed by atoms with Crippen LogP contribution in [0.25, 0.3) is 0 Å². The van der Waals surface area contributed by atoms with Gasteiger partial charge in [0.2, 0.25) is 0 Å². The summed E-state index contributed by atoms with van der Waals surface area (Å²) in [5, 5.41) is 2.14. The maximum absolute atomic E-state index is 12.7. The number of hydrogen-bond donors (Lipinski definition) is 1. The Morgan fingerprint density at radius 2 is 1.82 bits per heavy atom. The molecule has 1 saturated heterocycles. The van der Waals surface area contributed by atoms with Crippen molar-refractivity contribution < 1.29 is 37.0 Å². The van der Waals surface area contributed by atoms with Crippen LogP contribution in [0.2, 0.25) is 0 Å². The molecule has 1 aliphatic heterocycles. The van der Waals surface area contributed by atoms with Gasteiger partial charge in [0.05, 0.1) is 24.2 Å². The van der Waals surface area contributed by atoms with Crippen molar-refractivity contribution >= 4 is 23.6 Å². The number of anilines is 1. The zero-order valence-corrected chi connectivity index (χ0v) is 17.7. The van der Waals surface area contributed by atoms with Crippen molar-refractivity contribution in [2.45, 2.75) is 19.0 Å². The van der Waals surface area contributed by atoms with E-state index in [1.54, 1.807) is 23.1 Å². The Balaban J connectivity index is 1.44. The fourth-order valence-electron chi connectivity index (χ4n) is 3.40. The highest BCUT2D eigenvalue weighted by atomic mass is 19.4. The molecule has 1 aliphatic rings. The predicted octanol–water partition coefficient (Wildman–Crippen LogP) is 2.83. The molecule has 11 heteroatoms. The van der Waals surface area contributed by atoms with Gasteiger partial charge in [0, 0.05) is 19.3 Å². The Labute approximate surface area is 187 Å². The highest BCUT2D eigenvalue weighted by Crippen LogP contribution is 2.30. The molecular formula is C22H22F3N3O5. The summed E-state index contributed by atoms with van der Waals surface area (Å²) in [7, 11) is 1.40. The van der Waals surface area contributed by atoms with Crippen molar-refractivity contribution in [3.8, 4) is 5.75 Å². The van der Waals surface area contributed by atoms with Crippen LogP contribution in [0, 0.1) is 5.92 Å². The molecule has 1 aromatic carbocycles. The van der Waals surface area contributed by atoms with Gasteiger partial charge in [-0.2, -0.15) is 13.2 Å². The van der Waals surface area contributed by atoms with E-state index in [4.69, 9.17) is 9.47 Å². The lowest BCUT2D eigenvalue weighted by Crippen LogP contribution is -2.39. The van der Waals surface area contributed by atoms with Crippen molar-refractivity contribution in [2.75, 3.05) is 31.7 Å². The first kappa shape index (κ1) is 24.0. The first-order valence-corrected chi connectivity index (χ1v) is 10.1. The fourth-order valence-corrected chi connectivity index (χ4v) is 3.40. The van der Waals surface area contributed by atoms with Crippen LogP contribution >= 0.6 is 0 Å². The van der Waals surface area contributed by atoms with Crippen LogP contribution in [0.1, 0.15) is 28.8 Å². The summed E-state index contributed by atoms with van der Waals surface area (Å²) >= 11 is 0. The SMILES string of the molecule is COc1ccccc1C(=O)NC(=O)COC(=O)C1CCN(c2ccc(C(F)(F)F)cn2)CC1. The number of nitrogens with zero attached hydrogens (tertiary/aromatic N) is 2. The monoisotopic (exact) mass is 465 g/mol. The number of methoxy groups -OCH3 is 1. The van der Waals surface area contributed by atoms with Crippen LogP contribution in [0.4, 0.5) is 19.0 Å². The lowest BCUT2D eigenvalue weighted by Gasteiger charge is -2.31. The number of alkyl halides is 3. The van der Waals surface area contributed by atoms with E-state index in [0.717, 1.165) is 12.3 Å². The molecular weight excluding hydrogens is 443 g/mol.